The first-order valence-corrected chi connectivity index (χ1v) is 11.3. The van der Waals surface area contributed by atoms with Crippen LogP contribution < -0.4 is 11.1 Å². The first kappa shape index (κ1) is 21.0. The van der Waals surface area contributed by atoms with Gasteiger partial charge in [-0.2, -0.15) is 4.39 Å². The van der Waals surface area contributed by atoms with Crippen LogP contribution in [0.2, 0.25) is 0 Å². The van der Waals surface area contributed by atoms with Gasteiger partial charge in [0.1, 0.15) is 12.1 Å². The van der Waals surface area contributed by atoms with Crippen molar-refractivity contribution >= 4 is 22.4 Å². The zero-order valence-corrected chi connectivity index (χ0v) is 18.3. The van der Waals surface area contributed by atoms with E-state index in [1.807, 2.05) is 18.2 Å². The molecular formula is C24H29FN6O. The Balaban J connectivity index is 1.31. The van der Waals surface area contributed by atoms with Crippen LogP contribution in [0.5, 0.6) is 0 Å². The summed E-state index contributed by atoms with van der Waals surface area (Å²) in [5, 5.41) is 4.60. The van der Waals surface area contributed by atoms with Crippen molar-refractivity contribution in [1.29, 1.82) is 0 Å². The number of nitrogen functional groups attached to an aromatic ring is 1. The van der Waals surface area contributed by atoms with E-state index in [0.29, 0.717) is 18.2 Å². The van der Waals surface area contributed by atoms with Gasteiger partial charge in [0.05, 0.1) is 23.9 Å². The Kier molecular flexibility index (Phi) is 5.89. The quantitative estimate of drug-likeness (QED) is 0.601. The van der Waals surface area contributed by atoms with Gasteiger partial charge in [-0.3, -0.25) is 4.90 Å². The Hall–Kier alpha value is -2.84. The molecule has 0 unspecified atom stereocenters. The molecule has 3 aromatic rings. The standard InChI is InChI=1S/C24H29FN6O/c1-15-13-31(8-9-32-15)19-5-3-18(4-6-19)30-24-20-10-16(2-7-22(20)28-14-29-24)17-11-21(26)23(25)27-12-17/h2,7,10-12,14-15,18-19H,3-6,8-9,13,26H2,1H3,(H,28,29,30)/t15-,18?,19?/m1/s1. The van der Waals surface area contributed by atoms with Crippen molar-refractivity contribution in [1.82, 2.24) is 19.9 Å². The molecule has 0 radical (unpaired) electrons. The predicted octanol–water partition coefficient (Wildman–Crippen LogP) is 3.86. The van der Waals surface area contributed by atoms with Crippen LogP contribution in [0, 0.1) is 5.95 Å². The van der Waals surface area contributed by atoms with E-state index >= 15 is 0 Å². The molecule has 5 rings (SSSR count). The number of nitrogens with two attached hydrogens (primary N) is 1. The Morgan fingerprint density at radius 3 is 2.72 bits per heavy atom. The summed E-state index contributed by atoms with van der Waals surface area (Å²) in [6.07, 6.45) is 8.01. The predicted molar refractivity (Wildman–Crippen MR) is 124 cm³/mol. The summed E-state index contributed by atoms with van der Waals surface area (Å²) in [7, 11) is 0. The number of aromatic nitrogens is 3. The van der Waals surface area contributed by atoms with Gasteiger partial charge in [-0.05, 0) is 56.4 Å². The highest BCUT2D eigenvalue weighted by Crippen LogP contribution is 2.31. The summed E-state index contributed by atoms with van der Waals surface area (Å²) in [6.45, 7) is 5.06. The topological polar surface area (TPSA) is 89.2 Å². The van der Waals surface area contributed by atoms with Gasteiger partial charge in [0, 0.05) is 42.3 Å². The van der Waals surface area contributed by atoms with Gasteiger partial charge >= 0.3 is 0 Å². The van der Waals surface area contributed by atoms with E-state index in [4.69, 9.17) is 10.5 Å². The van der Waals surface area contributed by atoms with Crippen LogP contribution in [0.25, 0.3) is 22.0 Å². The minimum atomic E-state index is -0.651. The molecule has 0 bridgehead atoms. The Morgan fingerprint density at radius 1 is 1.09 bits per heavy atom. The van der Waals surface area contributed by atoms with E-state index in [9.17, 15) is 4.39 Å². The van der Waals surface area contributed by atoms with Crippen molar-refractivity contribution in [3.05, 3.63) is 42.7 Å². The van der Waals surface area contributed by atoms with Crippen LogP contribution in [-0.2, 0) is 4.74 Å². The second kappa shape index (κ2) is 8.96. The van der Waals surface area contributed by atoms with Crippen LogP contribution >= 0.6 is 0 Å². The van der Waals surface area contributed by atoms with Crippen molar-refractivity contribution in [2.24, 2.45) is 0 Å². The molecule has 1 saturated carbocycles. The van der Waals surface area contributed by atoms with Gasteiger partial charge in [-0.15, -0.1) is 0 Å². The van der Waals surface area contributed by atoms with Gasteiger partial charge in [0.2, 0.25) is 5.95 Å². The molecule has 2 aliphatic rings. The molecule has 8 heteroatoms. The summed E-state index contributed by atoms with van der Waals surface area (Å²) in [4.78, 5) is 15.3. The number of benzene rings is 1. The second-order valence-corrected chi connectivity index (χ2v) is 8.88. The Morgan fingerprint density at radius 2 is 1.94 bits per heavy atom. The van der Waals surface area contributed by atoms with Crippen molar-refractivity contribution < 1.29 is 9.13 Å². The van der Waals surface area contributed by atoms with Gasteiger partial charge in [-0.1, -0.05) is 6.07 Å². The molecule has 0 amide bonds. The fourth-order valence-corrected chi connectivity index (χ4v) is 4.93. The lowest BCUT2D eigenvalue weighted by Crippen LogP contribution is -2.48. The number of ether oxygens (including phenoxy) is 1. The fourth-order valence-electron chi connectivity index (χ4n) is 4.93. The largest absolute Gasteiger partial charge is 0.395 e. The molecule has 168 valence electrons. The molecule has 7 nitrogen and oxygen atoms in total. The third kappa shape index (κ3) is 4.38. The maximum atomic E-state index is 13.5. The zero-order valence-electron chi connectivity index (χ0n) is 18.3. The van der Waals surface area contributed by atoms with E-state index in [-0.39, 0.29) is 5.69 Å². The number of hydrogen-bond donors (Lipinski definition) is 2. The molecule has 2 aromatic heterocycles. The van der Waals surface area contributed by atoms with Crippen molar-refractivity contribution in [3.63, 3.8) is 0 Å². The molecule has 1 atom stereocenters. The lowest BCUT2D eigenvalue weighted by atomic mass is 9.89. The van der Waals surface area contributed by atoms with Crippen LogP contribution in [0.3, 0.4) is 0 Å². The molecule has 1 aliphatic carbocycles. The Bertz CT molecular complexity index is 1100. The first-order valence-electron chi connectivity index (χ1n) is 11.3. The highest BCUT2D eigenvalue weighted by Gasteiger charge is 2.29. The molecule has 3 N–H and O–H groups in total. The summed E-state index contributed by atoms with van der Waals surface area (Å²) < 4.78 is 19.2. The number of anilines is 2. The first-order chi connectivity index (χ1) is 15.6. The average Bonchev–Trinajstić information content (AvgIpc) is 2.81. The summed E-state index contributed by atoms with van der Waals surface area (Å²) in [6, 6.07) is 8.55. The summed E-state index contributed by atoms with van der Waals surface area (Å²) in [5.41, 5.74) is 8.28. The number of nitrogens with one attached hydrogen (secondary N) is 1. The van der Waals surface area contributed by atoms with E-state index in [1.165, 1.54) is 19.0 Å². The normalized spacial score (nSPS) is 24.5. The number of fused-ring (bicyclic) bond motifs is 1. The van der Waals surface area contributed by atoms with E-state index in [1.54, 1.807) is 12.4 Å². The average molecular weight is 437 g/mol. The third-order valence-electron chi connectivity index (χ3n) is 6.66. The third-order valence-corrected chi connectivity index (χ3v) is 6.66. The van der Waals surface area contributed by atoms with Crippen molar-refractivity contribution in [3.8, 4) is 11.1 Å². The van der Waals surface area contributed by atoms with E-state index in [2.05, 4.69) is 32.1 Å². The zero-order chi connectivity index (χ0) is 22.1. The molecule has 1 aromatic carbocycles. The number of morpholine rings is 1. The maximum Gasteiger partial charge on any atom is 0.236 e. The van der Waals surface area contributed by atoms with Crippen molar-refractivity contribution in [2.45, 2.75) is 50.8 Å². The van der Waals surface area contributed by atoms with Gasteiger partial charge in [0.25, 0.3) is 0 Å². The SMILES string of the molecule is C[C@@H]1CN(C2CCC(Nc3ncnc4ccc(-c5cnc(F)c(N)c5)cc34)CC2)CCO1. The second-order valence-electron chi connectivity index (χ2n) is 8.88. The highest BCUT2D eigenvalue weighted by atomic mass is 19.1. The number of hydrogen-bond acceptors (Lipinski definition) is 7. The van der Waals surface area contributed by atoms with Crippen LogP contribution in [0.15, 0.2) is 36.8 Å². The molecule has 32 heavy (non-hydrogen) atoms. The summed E-state index contributed by atoms with van der Waals surface area (Å²) >= 11 is 0. The number of rotatable bonds is 4. The smallest absolute Gasteiger partial charge is 0.236 e. The van der Waals surface area contributed by atoms with Gasteiger partial charge in [-0.25, -0.2) is 15.0 Å². The van der Waals surface area contributed by atoms with Crippen LogP contribution in [-0.4, -0.2) is 57.7 Å². The minimum absolute atomic E-state index is 0.0386. The lowest BCUT2D eigenvalue weighted by Gasteiger charge is -2.40. The fraction of sp³-hybridized carbons (Fsp3) is 0.458. The monoisotopic (exact) mass is 436 g/mol. The van der Waals surface area contributed by atoms with E-state index < -0.39 is 5.95 Å². The van der Waals surface area contributed by atoms with Crippen LogP contribution in [0.4, 0.5) is 15.9 Å². The lowest BCUT2D eigenvalue weighted by molar-refractivity contribution is -0.0396. The van der Waals surface area contributed by atoms with Crippen molar-refractivity contribution in [2.75, 3.05) is 30.7 Å². The number of pyridine rings is 1. The van der Waals surface area contributed by atoms with E-state index in [0.717, 1.165) is 60.4 Å². The summed E-state index contributed by atoms with van der Waals surface area (Å²) in [5.74, 6) is 0.186. The highest BCUT2D eigenvalue weighted by molar-refractivity contribution is 5.92. The number of halogens is 1. The molecule has 1 aliphatic heterocycles. The molecule has 3 heterocycles. The maximum absolute atomic E-state index is 13.5. The minimum Gasteiger partial charge on any atom is -0.395 e. The van der Waals surface area contributed by atoms with Gasteiger partial charge in [0.15, 0.2) is 0 Å². The number of nitrogens with zero attached hydrogens (tertiary/aromatic N) is 4. The van der Waals surface area contributed by atoms with Crippen LogP contribution in [0.1, 0.15) is 32.6 Å². The molecule has 1 saturated heterocycles. The molecule has 0 spiro atoms. The van der Waals surface area contributed by atoms with Gasteiger partial charge < -0.3 is 15.8 Å². The Labute approximate surface area is 187 Å². The molecular weight excluding hydrogens is 407 g/mol. The molecule has 2 fully saturated rings.